The van der Waals surface area contributed by atoms with Crippen LogP contribution >= 0.6 is 0 Å². The van der Waals surface area contributed by atoms with Gasteiger partial charge in [0.1, 0.15) is 0 Å². The lowest BCUT2D eigenvalue weighted by Gasteiger charge is -2.11. The fraction of sp³-hybridized carbons (Fsp3) is 0.778. The van der Waals surface area contributed by atoms with E-state index in [1.54, 1.807) is 20.8 Å². The summed E-state index contributed by atoms with van der Waals surface area (Å²) in [6, 6.07) is 0. The van der Waals surface area contributed by atoms with Gasteiger partial charge in [0.15, 0.2) is 23.3 Å². The summed E-state index contributed by atoms with van der Waals surface area (Å²) in [5, 5.41) is 0. The van der Waals surface area contributed by atoms with Crippen molar-refractivity contribution in [2.24, 2.45) is 5.92 Å². The zero-order valence-corrected chi connectivity index (χ0v) is 8.33. The summed E-state index contributed by atoms with van der Waals surface area (Å²) in [4.78, 5) is 22.3. The van der Waals surface area contributed by atoms with Crippen molar-refractivity contribution in [1.29, 1.82) is 0 Å². The van der Waals surface area contributed by atoms with E-state index in [1.807, 2.05) is 0 Å². The SMILES string of the molecule is CCOC(=O)C(CC)C(=O)OCC.[AlH3]. The molecule has 0 spiro atoms. The summed E-state index contributed by atoms with van der Waals surface area (Å²) in [5.74, 6) is -1.76. The minimum absolute atomic E-state index is 0. The molecule has 0 aromatic carbocycles. The van der Waals surface area contributed by atoms with E-state index in [0.717, 1.165) is 0 Å². The first-order valence-corrected chi connectivity index (χ1v) is 4.50. The van der Waals surface area contributed by atoms with Crippen LogP contribution in [0, 0.1) is 5.92 Å². The van der Waals surface area contributed by atoms with Crippen LogP contribution in [-0.2, 0) is 19.1 Å². The molecule has 0 saturated heterocycles. The molecule has 5 heteroatoms. The Kier molecular flexibility index (Phi) is 10.3. The predicted molar refractivity (Wildman–Crippen MR) is 57.0 cm³/mol. The zero-order chi connectivity index (χ0) is 10.3. The molecule has 82 valence electrons. The molecule has 4 nitrogen and oxygen atoms in total. The molecule has 0 saturated carbocycles. The molecule has 0 aliphatic heterocycles. The van der Waals surface area contributed by atoms with Crippen LogP contribution in [0.25, 0.3) is 0 Å². The molecular weight excluding hydrogens is 199 g/mol. The molecule has 0 unspecified atom stereocenters. The number of carbonyl (C=O) groups excluding carboxylic acids is 2. The van der Waals surface area contributed by atoms with Crippen molar-refractivity contribution in [3.8, 4) is 0 Å². The van der Waals surface area contributed by atoms with Gasteiger partial charge in [-0.05, 0) is 20.3 Å². The summed E-state index contributed by atoms with van der Waals surface area (Å²) in [7, 11) is 0. The van der Waals surface area contributed by atoms with Crippen molar-refractivity contribution in [2.45, 2.75) is 27.2 Å². The van der Waals surface area contributed by atoms with E-state index in [2.05, 4.69) is 0 Å². The number of carbonyl (C=O) groups is 2. The van der Waals surface area contributed by atoms with Gasteiger partial charge < -0.3 is 9.47 Å². The zero-order valence-electron chi connectivity index (χ0n) is 8.33. The van der Waals surface area contributed by atoms with Crippen molar-refractivity contribution < 1.29 is 19.1 Å². The molecule has 0 radical (unpaired) electrons. The lowest BCUT2D eigenvalue weighted by molar-refractivity contribution is -0.161. The Morgan fingerprint density at radius 1 is 1.00 bits per heavy atom. The van der Waals surface area contributed by atoms with E-state index in [4.69, 9.17) is 9.47 Å². The fourth-order valence-electron chi connectivity index (χ4n) is 0.915. The van der Waals surface area contributed by atoms with Crippen LogP contribution in [0.1, 0.15) is 27.2 Å². The van der Waals surface area contributed by atoms with Crippen LogP contribution in [0.15, 0.2) is 0 Å². The van der Waals surface area contributed by atoms with Gasteiger partial charge in [0.25, 0.3) is 0 Å². The highest BCUT2D eigenvalue weighted by Crippen LogP contribution is 2.07. The van der Waals surface area contributed by atoms with Gasteiger partial charge in [0.2, 0.25) is 0 Å². The van der Waals surface area contributed by atoms with Gasteiger partial charge in [0, 0.05) is 0 Å². The van der Waals surface area contributed by atoms with E-state index >= 15 is 0 Å². The molecule has 0 rings (SSSR count). The topological polar surface area (TPSA) is 52.6 Å². The normalized spacial score (nSPS) is 9.14. The highest BCUT2D eigenvalue weighted by atomic mass is 27.0. The van der Waals surface area contributed by atoms with E-state index in [0.29, 0.717) is 6.42 Å². The van der Waals surface area contributed by atoms with E-state index in [1.165, 1.54) is 0 Å². The summed E-state index contributed by atoms with van der Waals surface area (Å²) in [6.07, 6.45) is 0.414. The third kappa shape index (κ3) is 5.26. The Labute approximate surface area is 95.1 Å². The van der Waals surface area contributed by atoms with Crippen LogP contribution in [0.4, 0.5) is 0 Å². The minimum Gasteiger partial charge on any atom is -0.465 e. The van der Waals surface area contributed by atoms with Crippen molar-refractivity contribution in [1.82, 2.24) is 0 Å². The van der Waals surface area contributed by atoms with Crippen LogP contribution in [0.2, 0.25) is 0 Å². The summed E-state index contributed by atoms with van der Waals surface area (Å²) >= 11 is 0. The first-order chi connectivity index (χ1) is 6.17. The molecule has 0 heterocycles. The van der Waals surface area contributed by atoms with Gasteiger partial charge in [0.05, 0.1) is 13.2 Å². The van der Waals surface area contributed by atoms with Gasteiger partial charge in [-0.3, -0.25) is 9.59 Å². The van der Waals surface area contributed by atoms with Crippen LogP contribution in [0.3, 0.4) is 0 Å². The Balaban J connectivity index is 0. The number of rotatable bonds is 5. The third-order valence-corrected chi connectivity index (χ3v) is 1.55. The highest BCUT2D eigenvalue weighted by molar-refractivity contribution is 5.94. The largest absolute Gasteiger partial charge is 0.465 e. The minimum atomic E-state index is -0.764. The highest BCUT2D eigenvalue weighted by Gasteiger charge is 2.27. The number of hydrogen-bond donors (Lipinski definition) is 0. The Morgan fingerprint density at radius 2 is 1.36 bits per heavy atom. The van der Waals surface area contributed by atoms with Gasteiger partial charge in [-0.15, -0.1) is 0 Å². The van der Waals surface area contributed by atoms with Crippen LogP contribution in [0.5, 0.6) is 0 Å². The summed E-state index contributed by atoms with van der Waals surface area (Å²) in [6.45, 7) is 5.73. The third-order valence-electron chi connectivity index (χ3n) is 1.55. The van der Waals surface area contributed by atoms with Crippen LogP contribution < -0.4 is 0 Å². The smallest absolute Gasteiger partial charge is 0.320 e. The Bertz CT molecular complexity index is 164. The van der Waals surface area contributed by atoms with E-state index in [9.17, 15) is 9.59 Å². The first-order valence-electron chi connectivity index (χ1n) is 4.50. The van der Waals surface area contributed by atoms with E-state index in [-0.39, 0.29) is 30.6 Å². The average Bonchev–Trinajstić information content (AvgIpc) is 2.06. The van der Waals surface area contributed by atoms with Crippen molar-refractivity contribution in [3.63, 3.8) is 0 Å². The molecule has 0 aromatic rings. The Hall–Kier alpha value is -0.528. The molecule has 0 N–H and O–H groups in total. The van der Waals surface area contributed by atoms with Gasteiger partial charge in [-0.25, -0.2) is 0 Å². The average molecular weight is 218 g/mol. The standard InChI is InChI=1S/C9H16O4.Al.3H/c1-4-7(8(10)12-5-2)9(11)13-6-3;;;;/h7H,4-6H2,1-3H3;;;;. The molecule has 0 aliphatic carbocycles. The van der Waals surface area contributed by atoms with E-state index < -0.39 is 17.9 Å². The monoisotopic (exact) mass is 218 g/mol. The summed E-state index contributed by atoms with van der Waals surface area (Å²) < 4.78 is 9.45. The molecule has 14 heavy (non-hydrogen) atoms. The van der Waals surface area contributed by atoms with Crippen molar-refractivity contribution in [2.75, 3.05) is 13.2 Å². The number of ether oxygens (including phenoxy) is 2. The number of hydrogen-bond acceptors (Lipinski definition) is 4. The second-order valence-electron chi connectivity index (χ2n) is 2.46. The lowest BCUT2D eigenvalue weighted by Crippen LogP contribution is -2.27. The number of esters is 2. The first kappa shape index (κ1) is 15.9. The van der Waals surface area contributed by atoms with Crippen molar-refractivity contribution >= 4 is 29.3 Å². The Morgan fingerprint density at radius 3 is 1.57 bits per heavy atom. The predicted octanol–water partition coefficient (Wildman–Crippen LogP) is -0.0451. The second kappa shape index (κ2) is 9.04. The molecule has 0 amide bonds. The second-order valence-corrected chi connectivity index (χ2v) is 2.46. The summed E-state index contributed by atoms with van der Waals surface area (Å²) in [5.41, 5.74) is 0. The maximum atomic E-state index is 11.2. The molecule has 0 atom stereocenters. The van der Waals surface area contributed by atoms with Crippen molar-refractivity contribution in [3.05, 3.63) is 0 Å². The quantitative estimate of drug-likeness (QED) is 0.369. The maximum Gasteiger partial charge on any atom is 0.320 e. The molecule has 0 aromatic heterocycles. The van der Waals surface area contributed by atoms with Gasteiger partial charge >= 0.3 is 11.9 Å². The molecule has 0 fully saturated rings. The lowest BCUT2D eigenvalue weighted by atomic mass is 10.1. The molecule has 0 aliphatic rings. The van der Waals surface area contributed by atoms with Crippen LogP contribution in [-0.4, -0.2) is 42.5 Å². The maximum absolute atomic E-state index is 11.2. The van der Waals surface area contributed by atoms with Gasteiger partial charge in [-0.2, -0.15) is 0 Å². The fourth-order valence-corrected chi connectivity index (χ4v) is 0.915. The molecular formula is C9H19AlO4. The molecule has 0 bridgehead atoms. The van der Waals surface area contributed by atoms with Gasteiger partial charge in [-0.1, -0.05) is 6.92 Å².